The molecule has 0 spiro atoms. The Balaban J connectivity index is 2.41. The highest BCUT2D eigenvalue weighted by Gasteiger charge is 2.13. The minimum Gasteiger partial charge on any atom is -0.481 e. The summed E-state index contributed by atoms with van der Waals surface area (Å²) in [6, 6.07) is 1.87. The van der Waals surface area contributed by atoms with Crippen LogP contribution in [0.1, 0.15) is 12.5 Å². The molecule has 1 N–H and O–H groups in total. The number of aliphatic carboxylic acids is 1. The summed E-state index contributed by atoms with van der Waals surface area (Å²) >= 11 is 0. The molecule has 2 rings (SSSR count). The summed E-state index contributed by atoms with van der Waals surface area (Å²) in [7, 11) is 0. The van der Waals surface area contributed by atoms with Gasteiger partial charge in [-0.1, -0.05) is 6.92 Å². The van der Waals surface area contributed by atoms with Gasteiger partial charge in [0.1, 0.15) is 0 Å². The minimum atomic E-state index is -0.791. The molecule has 0 radical (unpaired) electrons. The third-order valence-electron chi connectivity index (χ3n) is 2.59. The van der Waals surface area contributed by atoms with Crippen LogP contribution in [0.5, 0.6) is 0 Å². The lowest BCUT2D eigenvalue weighted by molar-refractivity contribution is -0.141. The Hall–Kier alpha value is -1.97. The highest BCUT2D eigenvalue weighted by molar-refractivity contribution is 5.84. The van der Waals surface area contributed by atoms with Gasteiger partial charge in [-0.3, -0.25) is 14.8 Å². The van der Waals surface area contributed by atoms with Gasteiger partial charge in [-0.15, -0.1) is 0 Å². The molecule has 0 aliphatic carbocycles. The first-order valence-electron chi connectivity index (χ1n) is 5.08. The summed E-state index contributed by atoms with van der Waals surface area (Å²) in [5.41, 5.74) is 0.931. The van der Waals surface area contributed by atoms with Crippen LogP contribution in [0, 0.1) is 5.92 Å². The van der Waals surface area contributed by atoms with Crippen molar-refractivity contribution in [3.8, 4) is 0 Å². The van der Waals surface area contributed by atoms with Gasteiger partial charge in [0, 0.05) is 35.6 Å². The van der Waals surface area contributed by atoms with Gasteiger partial charge in [0.05, 0.1) is 5.92 Å². The molecule has 4 nitrogen and oxygen atoms in total. The summed E-state index contributed by atoms with van der Waals surface area (Å²) in [4.78, 5) is 19.0. The highest BCUT2D eigenvalue weighted by Crippen LogP contribution is 2.18. The van der Waals surface area contributed by atoms with E-state index in [0.717, 1.165) is 16.3 Å². The zero-order valence-corrected chi connectivity index (χ0v) is 8.92. The molecule has 2 heterocycles. The van der Waals surface area contributed by atoms with E-state index in [-0.39, 0.29) is 0 Å². The molecule has 2 aromatic rings. The number of fused-ring (bicyclic) bond motifs is 1. The number of rotatable bonds is 3. The lowest BCUT2D eigenvalue weighted by atomic mass is 9.99. The summed E-state index contributed by atoms with van der Waals surface area (Å²) in [5, 5.41) is 10.8. The molecule has 82 valence electrons. The maximum absolute atomic E-state index is 10.8. The van der Waals surface area contributed by atoms with E-state index in [1.54, 1.807) is 31.7 Å². The Morgan fingerprint density at radius 1 is 1.38 bits per heavy atom. The first-order valence-corrected chi connectivity index (χ1v) is 5.08. The Bertz CT molecular complexity index is 520. The number of aromatic nitrogens is 2. The van der Waals surface area contributed by atoms with E-state index in [1.807, 2.05) is 6.07 Å². The molecule has 0 fully saturated rings. The van der Waals surface area contributed by atoms with Crippen LogP contribution in [0.15, 0.2) is 30.9 Å². The highest BCUT2D eigenvalue weighted by atomic mass is 16.4. The first kappa shape index (κ1) is 10.5. The Morgan fingerprint density at radius 2 is 2.19 bits per heavy atom. The maximum Gasteiger partial charge on any atom is 0.306 e. The minimum absolute atomic E-state index is 0.410. The fourth-order valence-corrected chi connectivity index (χ4v) is 1.64. The van der Waals surface area contributed by atoms with Gasteiger partial charge in [-0.05, 0) is 18.1 Å². The average Bonchev–Trinajstić information content (AvgIpc) is 2.29. The van der Waals surface area contributed by atoms with E-state index in [1.165, 1.54) is 0 Å². The fraction of sp³-hybridized carbons (Fsp3) is 0.250. The molecule has 2 aromatic heterocycles. The van der Waals surface area contributed by atoms with E-state index < -0.39 is 11.9 Å². The van der Waals surface area contributed by atoms with E-state index in [9.17, 15) is 4.79 Å². The molecule has 0 aromatic carbocycles. The van der Waals surface area contributed by atoms with Gasteiger partial charge in [0.15, 0.2) is 0 Å². The topological polar surface area (TPSA) is 63.1 Å². The third kappa shape index (κ3) is 2.00. The molecule has 1 unspecified atom stereocenters. The van der Waals surface area contributed by atoms with Crippen molar-refractivity contribution in [2.75, 3.05) is 0 Å². The number of hydrogen-bond donors (Lipinski definition) is 1. The zero-order valence-electron chi connectivity index (χ0n) is 8.92. The van der Waals surface area contributed by atoms with Crippen molar-refractivity contribution >= 4 is 16.7 Å². The van der Waals surface area contributed by atoms with Crippen LogP contribution in [0.2, 0.25) is 0 Å². The van der Waals surface area contributed by atoms with Crippen LogP contribution in [-0.2, 0) is 11.2 Å². The van der Waals surface area contributed by atoms with Crippen molar-refractivity contribution in [1.29, 1.82) is 0 Å². The number of carboxylic acids is 1. The van der Waals surface area contributed by atoms with E-state index in [0.29, 0.717) is 6.42 Å². The summed E-state index contributed by atoms with van der Waals surface area (Å²) in [6.07, 6.45) is 7.40. The molecule has 0 amide bonds. The Kier molecular flexibility index (Phi) is 2.81. The van der Waals surface area contributed by atoms with Gasteiger partial charge in [-0.2, -0.15) is 0 Å². The maximum atomic E-state index is 10.8. The van der Waals surface area contributed by atoms with Crippen LogP contribution < -0.4 is 0 Å². The molecule has 0 saturated carbocycles. The second kappa shape index (κ2) is 4.26. The van der Waals surface area contributed by atoms with E-state index >= 15 is 0 Å². The monoisotopic (exact) mass is 216 g/mol. The van der Waals surface area contributed by atoms with Crippen molar-refractivity contribution in [2.45, 2.75) is 13.3 Å². The van der Waals surface area contributed by atoms with Crippen LogP contribution in [0.4, 0.5) is 0 Å². The molecule has 0 saturated heterocycles. The molecule has 0 aliphatic rings. The van der Waals surface area contributed by atoms with Crippen molar-refractivity contribution in [2.24, 2.45) is 5.92 Å². The smallest absolute Gasteiger partial charge is 0.306 e. The number of carboxylic acid groups (broad SMARTS) is 1. The predicted octanol–water partition coefficient (Wildman–Crippen LogP) is 1.89. The van der Waals surface area contributed by atoms with Gasteiger partial charge < -0.3 is 5.11 Å². The lowest BCUT2D eigenvalue weighted by Gasteiger charge is -2.08. The number of nitrogens with zero attached hydrogens (tertiary/aromatic N) is 2. The van der Waals surface area contributed by atoms with Gasteiger partial charge >= 0.3 is 5.97 Å². The summed E-state index contributed by atoms with van der Waals surface area (Å²) in [6.45, 7) is 1.69. The van der Waals surface area contributed by atoms with Gasteiger partial charge in [0.25, 0.3) is 0 Å². The largest absolute Gasteiger partial charge is 0.481 e. The Morgan fingerprint density at radius 3 is 2.94 bits per heavy atom. The predicted molar refractivity (Wildman–Crippen MR) is 60.0 cm³/mol. The molecule has 0 aliphatic heterocycles. The molecular weight excluding hydrogens is 204 g/mol. The van der Waals surface area contributed by atoms with Crippen LogP contribution in [0.3, 0.4) is 0 Å². The second-order valence-corrected chi connectivity index (χ2v) is 3.84. The van der Waals surface area contributed by atoms with Gasteiger partial charge in [-0.25, -0.2) is 0 Å². The van der Waals surface area contributed by atoms with Gasteiger partial charge in [0.2, 0.25) is 0 Å². The molecular formula is C12H12N2O2. The first-order chi connectivity index (χ1) is 7.68. The fourth-order valence-electron chi connectivity index (χ4n) is 1.64. The standard InChI is InChI=1S/C12H12N2O2/c1-8(12(15)16)4-10-6-14-5-9-2-3-13-7-11(9)10/h2-3,5-8H,4H2,1H3,(H,15,16). The van der Waals surface area contributed by atoms with E-state index in [2.05, 4.69) is 9.97 Å². The van der Waals surface area contributed by atoms with Crippen LogP contribution in [-0.4, -0.2) is 21.0 Å². The molecule has 1 atom stereocenters. The molecule has 4 heteroatoms. The second-order valence-electron chi connectivity index (χ2n) is 3.84. The average molecular weight is 216 g/mol. The number of pyridine rings is 2. The summed E-state index contributed by atoms with van der Waals surface area (Å²) < 4.78 is 0. The van der Waals surface area contributed by atoms with Crippen molar-refractivity contribution < 1.29 is 9.90 Å². The Labute approximate surface area is 93.0 Å². The normalized spacial score (nSPS) is 12.6. The quantitative estimate of drug-likeness (QED) is 0.851. The van der Waals surface area contributed by atoms with E-state index in [4.69, 9.17) is 5.11 Å². The van der Waals surface area contributed by atoms with Crippen molar-refractivity contribution in [3.63, 3.8) is 0 Å². The molecule has 16 heavy (non-hydrogen) atoms. The summed E-state index contributed by atoms with van der Waals surface area (Å²) in [5.74, 6) is -1.20. The van der Waals surface area contributed by atoms with Crippen molar-refractivity contribution in [1.82, 2.24) is 9.97 Å². The van der Waals surface area contributed by atoms with Crippen molar-refractivity contribution in [3.05, 3.63) is 36.4 Å². The number of hydrogen-bond acceptors (Lipinski definition) is 3. The third-order valence-corrected chi connectivity index (χ3v) is 2.59. The number of carbonyl (C=O) groups is 1. The SMILES string of the molecule is CC(Cc1cncc2ccncc12)C(=O)O. The molecule has 0 bridgehead atoms. The lowest BCUT2D eigenvalue weighted by Crippen LogP contribution is -2.12. The van der Waals surface area contributed by atoms with Crippen LogP contribution in [0.25, 0.3) is 10.8 Å². The van der Waals surface area contributed by atoms with Crippen LogP contribution >= 0.6 is 0 Å². The zero-order chi connectivity index (χ0) is 11.5.